The largest absolute Gasteiger partial charge is 0.368 e. The van der Waals surface area contributed by atoms with E-state index in [0.717, 1.165) is 43.2 Å². The van der Waals surface area contributed by atoms with Gasteiger partial charge < -0.3 is 15.1 Å². The third-order valence-electron chi connectivity index (χ3n) is 4.84. The van der Waals surface area contributed by atoms with Crippen LogP contribution in [0.2, 0.25) is 0 Å². The van der Waals surface area contributed by atoms with Gasteiger partial charge in [-0.05, 0) is 48.5 Å². The third-order valence-corrected chi connectivity index (χ3v) is 4.84. The maximum Gasteiger partial charge on any atom is 0.274 e. The van der Waals surface area contributed by atoms with E-state index in [2.05, 4.69) is 20.1 Å². The monoisotopic (exact) mass is 376 g/mol. The molecule has 6 heteroatoms. The Bertz CT molecular complexity index is 938. The summed E-state index contributed by atoms with van der Waals surface area (Å²) in [6, 6.07) is 19.7. The highest BCUT2D eigenvalue weighted by Gasteiger charge is 2.19. The molecule has 0 spiro atoms. The van der Waals surface area contributed by atoms with Gasteiger partial charge in [0.25, 0.3) is 5.91 Å². The Hall–Kier alpha value is -3.41. The van der Waals surface area contributed by atoms with Crippen LogP contribution in [0.3, 0.4) is 0 Å². The van der Waals surface area contributed by atoms with Gasteiger partial charge in [0.2, 0.25) is 0 Å². The quantitative estimate of drug-likeness (QED) is 0.753. The lowest BCUT2D eigenvalue weighted by Crippen LogP contribution is -2.46. The van der Waals surface area contributed by atoms with Crippen LogP contribution in [-0.2, 0) is 0 Å². The van der Waals surface area contributed by atoms with E-state index in [-0.39, 0.29) is 11.7 Å². The fourth-order valence-electron chi connectivity index (χ4n) is 3.33. The Morgan fingerprint density at radius 1 is 0.857 bits per heavy atom. The van der Waals surface area contributed by atoms with Crippen molar-refractivity contribution in [2.75, 3.05) is 41.3 Å². The highest BCUT2D eigenvalue weighted by molar-refractivity contribution is 6.03. The molecule has 28 heavy (non-hydrogen) atoms. The minimum Gasteiger partial charge on any atom is -0.368 e. The molecule has 4 rings (SSSR count). The van der Waals surface area contributed by atoms with Crippen LogP contribution >= 0.6 is 0 Å². The summed E-state index contributed by atoms with van der Waals surface area (Å²) in [6.45, 7) is 3.31. The Morgan fingerprint density at radius 3 is 2.18 bits per heavy atom. The summed E-state index contributed by atoms with van der Waals surface area (Å²) in [5, 5.41) is 2.86. The molecule has 2 heterocycles. The van der Waals surface area contributed by atoms with Crippen molar-refractivity contribution in [3.8, 4) is 0 Å². The van der Waals surface area contributed by atoms with Crippen LogP contribution in [0.25, 0.3) is 0 Å². The molecule has 1 saturated heterocycles. The zero-order valence-electron chi connectivity index (χ0n) is 15.4. The topological polar surface area (TPSA) is 48.5 Å². The SMILES string of the molecule is O=C(Nc1ccccc1)c1cc(N2CCN(c3ccc(F)cc3)CC2)ccn1. The first-order chi connectivity index (χ1) is 13.7. The average molecular weight is 376 g/mol. The Kier molecular flexibility index (Phi) is 5.19. The lowest BCUT2D eigenvalue weighted by molar-refractivity contribution is 0.102. The Morgan fingerprint density at radius 2 is 1.50 bits per heavy atom. The molecule has 1 fully saturated rings. The summed E-state index contributed by atoms with van der Waals surface area (Å²) >= 11 is 0. The summed E-state index contributed by atoms with van der Waals surface area (Å²) in [5.41, 5.74) is 3.14. The molecule has 0 saturated carbocycles. The van der Waals surface area contributed by atoms with Crippen molar-refractivity contribution in [1.82, 2.24) is 4.98 Å². The van der Waals surface area contributed by atoms with Gasteiger partial charge in [-0.25, -0.2) is 4.39 Å². The van der Waals surface area contributed by atoms with E-state index in [0.29, 0.717) is 5.69 Å². The molecular formula is C22H21FN4O. The van der Waals surface area contributed by atoms with Gasteiger partial charge in [-0.1, -0.05) is 18.2 Å². The first-order valence-corrected chi connectivity index (χ1v) is 9.27. The molecule has 1 N–H and O–H groups in total. The number of hydrogen-bond donors (Lipinski definition) is 1. The number of piperazine rings is 1. The number of benzene rings is 2. The molecule has 142 valence electrons. The van der Waals surface area contributed by atoms with Gasteiger partial charge in [0.1, 0.15) is 11.5 Å². The number of amides is 1. The molecule has 1 aliphatic rings. The number of anilines is 3. The van der Waals surface area contributed by atoms with Crippen LogP contribution in [-0.4, -0.2) is 37.1 Å². The minimum absolute atomic E-state index is 0.222. The molecule has 0 atom stereocenters. The lowest BCUT2D eigenvalue weighted by atomic mass is 10.2. The summed E-state index contributed by atoms with van der Waals surface area (Å²) in [5.74, 6) is -0.446. The molecular weight excluding hydrogens is 355 g/mol. The highest BCUT2D eigenvalue weighted by atomic mass is 19.1. The molecule has 3 aromatic rings. The van der Waals surface area contributed by atoms with Gasteiger partial charge in [0, 0.05) is 49.4 Å². The molecule has 5 nitrogen and oxygen atoms in total. The molecule has 1 amide bonds. The van der Waals surface area contributed by atoms with Crippen molar-refractivity contribution in [1.29, 1.82) is 0 Å². The van der Waals surface area contributed by atoms with E-state index >= 15 is 0 Å². The number of rotatable bonds is 4. The van der Waals surface area contributed by atoms with E-state index in [4.69, 9.17) is 0 Å². The maximum atomic E-state index is 13.1. The maximum absolute atomic E-state index is 13.1. The number of pyridine rings is 1. The van der Waals surface area contributed by atoms with Crippen molar-refractivity contribution in [3.63, 3.8) is 0 Å². The third kappa shape index (κ3) is 4.11. The Labute approximate surface area is 163 Å². The lowest BCUT2D eigenvalue weighted by Gasteiger charge is -2.37. The van der Waals surface area contributed by atoms with E-state index in [1.165, 1.54) is 12.1 Å². The Balaban J connectivity index is 1.41. The van der Waals surface area contributed by atoms with Crippen LogP contribution in [0, 0.1) is 5.82 Å². The van der Waals surface area contributed by atoms with Gasteiger partial charge in [-0.3, -0.25) is 9.78 Å². The van der Waals surface area contributed by atoms with Gasteiger partial charge in [0.15, 0.2) is 0 Å². The van der Waals surface area contributed by atoms with E-state index in [9.17, 15) is 9.18 Å². The number of nitrogens with one attached hydrogen (secondary N) is 1. The van der Waals surface area contributed by atoms with E-state index in [1.54, 1.807) is 6.20 Å². The van der Waals surface area contributed by atoms with Gasteiger partial charge in [-0.15, -0.1) is 0 Å². The smallest absolute Gasteiger partial charge is 0.274 e. The normalized spacial score (nSPS) is 14.0. The zero-order chi connectivity index (χ0) is 19.3. The molecule has 0 radical (unpaired) electrons. The second kappa shape index (κ2) is 8.08. The molecule has 0 aliphatic carbocycles. The summed E-state index contributed by atoms with van der Waals surface area (Å²) < 4.78 is 13.1. The van der Waals surface area contributed by atoms with Gasteiger partial charge >= 0.3 is 0 Å². The number of halogens is 1. The predicted molar refractivity (Wildman–Crippen MR) is 109 cm³/mol. The number of hydrogen-bond acceptors (Lipinski definition) is 4. The zero-order valence-corrected chi connectivity index (χ0v) is 15.4. The second-order valence-corrected chi connectivity index (χ2v) is 6.67. The first kappa shape index (κ1) is 18.0. The van der Waals surface area contributed by atoms with Gasteiger partial charge in [-0.2, -0.15) is 0 Å². The van der Waals surface area contributed by atoms with Gasteiger partial charge in [0.05, 0.1) is 0 Å². The number of carbonyl (C=O) groups is 1. The molecule has 1 aromatic heterocycles. The number of para-hydroxylation sites is 1. The summed E-state index contributed by atoms with van der Waals surface area (Å²) in [6.07, 6.45) is 1.67. The molecule has 0 unspecified atom stereocenters. The van der Waals surface area contributed by atoms with Crippen molar-refractivity contribution in [2.24, 2.45) is 0 Å². The van der Waals surface area contributed by atoms with Crippen molar-refractivity contribution in [2.45, 2.75) is 0 Å². The standard InChI is InChI=1S/C22H21FN4O/c23-17-6-8-19(9-7-17)26-12-14-27(15-13-26)20-10-11-24-21(16-20)22(28)25-18-4-2-1-3-5-18/h1-11,16H,12-15H2,(H,25,28). The molecule has 2 aromatic carbocycles. The fourth-order valence-corrected chi connectivity index (χ4v) is 3.33. The summed E-state index contributed by atoms with van der Waals surface area (Å²) in [7, 11) is 0. The van der Waals surface area contributed by atoms with Crippen LogP contribution in [0.4, 0.5) is 21.5 Å². The first-order valence-electron chi connectivity index (χ1n) is 9.27. The van der Waals surface area contributed by atoms with Crippen LogP contribution in [0.5, 0.6) is 0 Å². The molecule has 0 bridgehead atoms. The number of nitrogens with zero attached hydrogens (tertiary/aromatic N) is 3. The van der Waals surface area contributed by atoms with Crippen LogP contribution in [0.15, 0.2) is 72.9 Å². The fraction of sp³-hybridized carbons (Fsp3) is 0.182. The summed E-state index contributed by atoms with van der Waals surface area (Å²) in [4.78, 5) is 21.2. The number of carbonyl (C=O) groups excluding carboxylic acids is 1. The second-order valence-electron chi connectivity index (χ2n) is 6.67. The van der Waals surface area contributed by atoms with Crippen molar-refractivity contribution in [3.05, 3.63) is 84.4 Å². The van der Waals surface area contributed by atoms with Crippen molar-refractivity contribution >= 4 is 23.0 Å². The number of aromatic nitrogens is 1. The van der Waals surface area contributed by atoms with Crippen molar-refractivity contribution < 1.29 is 9.18 Å². The highest BCUT2D eigenvalue weighted by Crippen LogP contribution is 2.21. The van der Waals surface area contributed by atoms with Crippen LogP contribution < -0.4 is 15.1 Å². The average Bonchev–Trinajstić information content (AvgIpc) is 2.75. The minimum atomic E-state index is -0.224. The predicted octanol–water partition coefficient (Wildman–Crippen LogP) is 3.80. The van der Waals surface area contributed by atoms with Crippen LogP contribution in [0.1, 0.15) is 10.5 Å². The molecule has 1 aliphatic heterocycles. The van der Waals surface area contributed by atoms with E-state index in [1.807, 2.05) is 54.6 Å². The van der Waals surface area contributed by atoms with E-state index < -0.39 is 0 Å².